The van der Waals surface area contributed by atoms with Crippen LogP contribution in [0.1, 0.15) is 56.1 Å². The molecule has 2 amide bonds. The molecule has 2 aromatic rings. The first kappa shape index (κ1) is 22.8. The molecule has 33 heavy (non-hydrogen) atoms. The molecule has 1 saturated carbocycles. The number of carboxylic acids is 1. The Bertz CT molecular complexity index is 999. The van der Waals surface area contributed by atoms with Crippen molar-refractivity contribution in [2.45, 2.75) is 51.0 Å². The molecular weight excluding hydrogens is 420 g/mol. The normalized spacial score (nSPS) is 17.0. The predicted octanol–water partition coefficient (Wildman–Crippen LogP) is 4.06. The molecule has 3 N–H and O–H groups in total. The number of benzene rings is 2. The lowest BCUT2D eigenvalue weighted by atomic mass is 9.84. The van der Waals surface area contributed by atoms with Crippen LogP contribution in [0.25, 0.3) is 11.1 Å². The van der Waals surface area contributed by atoms with Crippen LogP contribution >= 0.6 is 0 Å². The molecule has 2 aromatic carbocycles. The van der Waals surface area contributed by atoms with Crippen molar-refractivity contribution in [2.24, 2.45) is 5.41 Å². The number of amides is 2. The zero-order chi connectivity index (χ0) is 23.4. The minimum atomic E-state index is -1.05. The van der Waals surface area contributed by atoms with Crippen molar-refractivity contribution >= 4 is 18.0 Å². The molecule has 2 aliphatic rings. The second-order valence-corrected chi connectivity index (χ2v) is 8.94. The van der Waals surface area contributed by atoms with E-state index in [1.807, 2.05) is 24.3 Å². The maximum absolute atomic E-state index is 12.9. The molecule has 0 aliphatic heterocycles. The Morgan fingerprint density at radius 1 is 1.03 bits per heavy atom. The molecule has 7 nitrogen and oxygen atoms in total. The van der Waals surface area contributed by atoms with Crippen molar-refractivity contribution in [2.75, 3.05) is 13.2 Å². The Morgan fingerprint density at radius 2 is 1.61 bits per heavy atom. The molecule has 2 aliphatic carbocycles. The zero-order valence-electron chi connectivity index (χ0n) is 18.8. The summed E-state index contributed by atoms with van der Waals surface area (Å²) in [5, 5.41) is 14.7. The van der Waals surface area contributed by atoms with E-state index in [1.165, 1.54) is 0 Å². The minimum absolute atomic E-state index is 0.0345. The van der Waals surface area contributed by atoms with Gasteiger partial charge in [0.2, 0.25) is 5.91 Å². The third-order valence-corrected chi connectivity index (χ3v) is 6.97. The average Bonchev–Trinajstić information content (AvgIpc) is 3.43. The summed E-state index contributed by atoms with van der Waals surface area (Å²) < 4.78 is 5.59. The Kier molecular flexibility index (Phi) is 6.67. The third kappa shape index (κ3) is 4.58. The molecule has 0 aromatic heterocycles. The van der Waals surface area contributed by atoms with E-state index < -0.39 is 23.5 Å². The van der Waals surface area contributed by atoms with Crippen LogP contribution in [0, 0.1) is 5.41 Å². The molecule has 0 heterocycles. The summed E-state index contributed by atoms with van der Waals surface area (Å²) in [4.78, 5) is 36.8. The summed E-state index contributed by atoms with van der Waals surface area (Å²) in [5.74, 6) is -1.40. The van der Waals surface area contributed by atoms with Gasteiger partial charge in [-0.1, -0.05) is 68.3 Å². The summed E-state index contributed by atoms with van der Waals surface area (Å²) in [7, 11) is 0. The second kappa shape index (κ2) is 9.65. The molecule has 1 unspecified atom stereocenters. The molecule has 1 fully saturated rings. The molecule has 4 rings (SSSR count). The summed E-state index contributed by atoms with van der Waals surface area (Å²) in [6.07, 6.45) is 2.68. The average molecular weight is 451 g/mol. The Hall–Kier alpha value is -3.35. The Balaban J connectivity index is 1.38. The van der Waals surface area contributed by atoms with Crippen molar-refractivity contribution < 1.29 is 24.2 Å². The maximum atomic E-state index is 12.9. The Morgan fingerprint density at radius 3 is 2.15 bits per heavy atom. The van der Waals surface area contributed by atoms with Crippen molar-refractivity contribution in [3.63, 3.8) is 0 Å². The molecule has 0 bridgehead atoms. The molecule has 0 spiro atoms. The van der Waals surface area contributed by atoms with E-state index in [0.29, 0.717) is 19.3 Å². The highest BCUT2D eigenvalue weighted by Crippen LogP contribution is 2.44. The van der Waals surface area contributed by atoms with Gasteiger partial charge in [-0.15, -0.1) is 0 Å². The number of carboxylic acid groups (broad SMARTS) is 1. The Labute approximate surface area is 193 Å². The zero-order valence-corrected chi connectivity index (χ0v) is 18.8. The largest absolute Gasteiger partial charge is 0.480 e. The molecular formula is C26H30N2O5. The van der Waals surface area contributed by atoms with Crippen LogP contribution in [0.4, 0.5) is 4.79 Å². The van der Waals surface area contributed by atoms with Crippen molar-refractivity contribution in [3.8, 4) is 11.1 Å². The van der Waals surface area contributed by atoms with Crippen LogP contribution in [-0.2, 0) is 14.3 Å². The first-order valence-electron chi connectivity index (χ1n) is 11.6. The monoisotopic (exact) mass is 450 g/mol. The first-order valence-corrected chi connectivity index (χ1v) is 11.6. The van der Waals surface area contributed by atoms with Crippen LogP contribution in [-0.4, -0.2) is 42.3 Å². The number of nitrogens with one attached hydrogen (secondary N) is 2. The van der Waals surface area contributed by atoms with E-state index in [0.717, 1.165) is 35.1 Å². The second-order valence-electron chi connectivity index (χ2n) is 8.94. The van der Waals surface area contributed by atoms with Crippen molar-refractivity contribution in [1.29, 1.82) is 0 Å². The van der Waals surface area contributed by atoms with E-state index in [-0.39, 0.29) is 25.0 Å². The first-order chi connectivity index (χ1) is 15.9. The minimum Gasteiger partial charge on any atom is -0.480 e. The summed E-state index contributed by atoms with van der Waals surface area (Å²) in [5.41, 5.74) is 3.80. The molecule has 7 heteroatoms. The quantitative estimate of drug-likeness (QED) is 0.562. The van der Waals surface area contributed by atoms with E-state index in [4.69, 9.17) is 4.74 Å². The van der Waals surface area contributed by atoms with Crippen LogP contribution < -0.4 is 10.6 Å². The number of carbonyl (C=O) groups is 3. The molecule has 0 radical (unpaired) electrons. The molecule has 174 valence electrons. The number of ether oxygens (including phenoxy) is 1. The van der Waals surface area contributed by atoms with Gasteiger partial charge in [-0.05, 0) is 41.5 Å². The lowest BCUT2D eigenvalue weighted by Gasteiger charge is -2.29. The fourth-order valence-corrected chi connectivity index (χ4v) is 5.08. The summed E-state index contributed by atoms with van der Waals surface area (Å²) >= 11 is 0. The number of alkyl carbamates (subject to hydrolysis) is 1. The molecule has 1 atom stereocenters. The van der Waals surface area contributed by atoms with E-state index in [1.54, 1.807) is 6.92 Å². The van der Waals surface area contributed by atoms with Gasteiger partial charge in [-0.2, -0.15) is 0 Å². The highest BCUT2D eigenvalue weighted by Gasteiger charge is 2.42. The standard InChI is InChI=1S/C26H30N2O5/c1-2-22(23(29)30)28-24(31)26(13-7-8-14-26)16-27-25(32)33-15-21-19-11-5-3-9-17(19)18-10-4-6-12-20(18)21/h3-6,9-12,21-22H,2,7-8,13-16H2,1H3,(H,27,32)(H,28,31)(H,29,30). The maximum Gasteiger partial charge on any atom is 0.407 e. The number of rotatable bonds is 8. The topological polar surface area (TPSA) is 105 Å². The van der Waals surface area contributed by atoms with Gasteiger partial charge in [0.25, 0.3) is 0 Å². The predicted molar refractivity (Wildman–Crippen MR) is 124 cm³/mol. The van der Waals surface area contributed by atoms with E-state index in [2.05, 4.69) is 34.9 Å². The van der Waals surface area contributed by atoms with Gasteiger partial charge in [-0.3, -0.25) is 4.79 Å². The van der Waals surface area contributed by atoms with Gasteiger partial charge >= 0.3 is 12.1 Å². The third-order valence-electron chi connectivity index (χ3n) is 6.97. The fourth-order valence-electron chi connectivity index (χ4n) is 5.08. The number of hydrogen-bond donors (Lipinski definition) is 3. The van der Waals surface area contributed by atoms with E-state index in [9.17, 15) is 19.5 Å². The summed E-state index contributed by atoms with van der Waals surface area (Å²) in [6, 6.07) is 15.3. The van der Waals surface area contributed by atoms with Gasteiger partial charge in [0.05, 0.1) is 5.41 Å². The van der Waals surface area contributed by atoms with Gasteiger partial charge < -0.3 is 20.5 Å². The molecule has 0 saturated heterocycles. The van der Waals surface area contributed by atoms with Crippen LogP contribution in [0.5, 0.6) is 0 Å². The highest BCUT2D eigenvalue weighted by atomic mass is 16.5. The van der Waals surface area contributed by atoms with Crippen LogP contribution in [0.3, 0.4) is 0 Å². The van der Waals surface area contributed by atoms with Gasteiger partial charge in [-0.25, -0.2) is 9.59 Å². The SMILES string of the molecule is CCC(NC(=O)C1(CNC(=O)OCC2c3ccccc3-c3ccccc32)CCCC1)C(=O)O. The number of aliphatic carboxylic acids is 1. The highest BCUT2D eigenvalue weighted by molar-refractivity contribution is 5.88. The van der Waals surface area contributed by atoms with Gasteiger partial charge in [0.15, 0.2) is 0 Å². The van der Waals surface area contributed by atoms with E-state index >= 15 is 0 Å². The van der Waals surface area contributed by atoms with Crippen LogP contribution in [0.2, 0.25) is 0 Å². The van der Waals surface area contributed by atoms with Gasteiger partial charge in [0, 0.05) is 12.5 Å². The smallest absolute Gasteiger partial charge is 0.407 e. The van der Waals surface area contributed by atoms with Crippen molar-refractivity contribution in [3.05, 3.63) is 59.7 Å². The lowest BCUT2D eigenvalue weighted by molar-refractivity contribution is -0.144. The lowest BCUT2D eigenvalue weighted by Crippen LogP contribution is -2.51. The van der Waals surface area contributed by atoms with Gasteiger partial charge in [0.1, 0.15) is 12.6 Å². The number of fused-ring (bicyclic) bond motifs is 3. The number of carbonyl (C=O) groups excluding carboxylic acids is 2. The fraction of sp³-hybridized carbons (Fsp3) is 0.423. The summed E-state index contributed by atoms with van der Waals surface area (Å²) in [6.45, 7) is 2.05. The number of hydrogen-bond acceptors (Lipinski definition) is 4. The van der Waals surface area contributed by atoms with Crippen molar-refractivity contribution in [1.82, 2.24) is 10.6 Å². The van der Waals surface area contributed by atoms with Crippen LogP contribution in [0.15, 0.2) is 48.5 Å².